The highest BCUT2D eigenvalue weighted by atomic mass is 16.3. The minimum atomic E-state index is -0.662. The normalized spacial score (nSPS) is 43.7. The van der Waals surface area contributed by atoms with Gasteiger partial charge in [-0.1, -0.05) is 30.7 Å². The van der Waals surface area contributed by atoms with Crippen LogP contribution in [0.4, 0.5) is 0 Å². The molecule has 5 atom stereocenters. The molecule has 0 spiro atoms. The zero-order chi connectivity index (χ0) is 13.0. The Morgan fingerprint density at radius 1 is 1.21 bits per heavy atom. The summed E-state index contributed by atoms with van der Waals surface area (Å²) >= 11 is 0. The molecule has 0 aliphatic heterocycles. The summed E-state index contributed by atoms with van der Waals surface area (Å²) in [4.78, 5) is 0. The first kappa shape index (κ1) is 11.9. The van der Waals surface area contributed by atoms with Gasteiger partial charge >= 0.3 is 0 Å². The van der Waals surface area contributed by atoms with Crippen LogP contribution < -0.4 is 5.73 Å². The Morgan fingerprint density at radius 3 is 2.79 bits per heavy atom. The summed E-state index contributed by atoms with van der Waals surface area (Å²) in [5.41, 5.74) is 7.81. The summed E-state index contributed by atoms with van der Waals surface area (Å²) in [7, 11) is 0. The maximum atomic E-state index is 11.1. The molecule has 102 valence electrons. The highest BCUT2D eigenvalue weighted by molar-refractivity contribution is 5.40. The standard InChI is InChI=1S/C17H23NO/c18-16-10-17(19,15-4-2-1-3-14(15)16)9-13-8-11-5-6-12(13)7-11/h1-4,11-13,16,19H,5-10,18H2. The Kier molecular flexibility index (Phi) is 2.55. The van der Waals surface area contributed by atoms with E-state index in [1.165, 1.54) is 25.7 Å². The van der Waals surface area contributed by atoms with Crippen molar-refractivity contribution in [1.82, 2.24) is 0 Å². The van der Waals surface area contributed by atoms with Gasteiger partial charge in [0.25, 0.3) is 0 Å². The molecule has 5 unspecified atom stereocenters. The SMILES string of the molecule is NC1CC(O)(CC2CC3CCC2C3)c2ccccc21. The van der Waals surface area contributed by atoms with Crippen LogP contribution in [0.2, 0.25) is 0 Å². The van der Waals surface area contributed by atoms with Crippen LogP contribution in [0, 0.1) is 17.8 Å². The van der Waals surface area contributed by atoms with Gasteiger partial charge in [0.05, 0.1) is 5.60 Å². The van der Waals surface area contributed by atoms with Crippen LogP contribution in [0.3, 0.4) is 0 Å². The Labute approximate surface area is 115 Å². The first-order chi connectivity index (χ1) is 9.16. The van der Waals surface area contributed by atoms with Crippen molar-refractivity contribution in [2.24, 2.45) is 23.5 Å². The monoisotopic (exact) mass is 257 g/mol. The Bertz CT molecular complexity index is 500. The Morgan fingerprint density at radius 2 is 2.05 bits per heavy atom. The highest BCUT2D eigenvalue weighted by Crippen LogP contribution is 2.54. The van der Waals surface area contributed by atoms with Gasteiger partial charge in [-0.15, -0.1) is 0 Å². The van der Waals surface area contributed by atoms with E-state index in [9.17, 15) is 5.11 Å². The Hall–Kier alpha value is -0.860. The largest absolute Gasteiger partial charge is 0.385 e. The van der Waals surface area contributed by atoms with E-state index in [2.05, 4.69) is 12.1 Å². The lowest BCUT2D eigenvalue weighted by Gasteiger charge is -2.31. The van der Waals surface area contributed by atoms with Gasteiger partial charge < -0.3 is 10.8 Å². The van der Waals surface area contributed by atoms with Crippen molar-refractivity contribution in [1.29, 1.82) is 0 Å². The molecular weight excluding hydrogens is 234 g/mol. The summed E-state index contributed by atoms with van der Waals surface area (Å²) in [6.07, 6.45) is 7.20. The number of hydrogen-bond acceptors (Lipinski definition) is 2. The van der Waals surface area contributed by atoms with Gasteiger partial charge in [0.1, 0.15) is 0 Å². The molecule has 2 heteroatoms. The number of aliphatic hydroxyl groups is 1. The Balaban J connectivity index is 1.61. The molecule has 0 saturated heterocycles. The molecule has 0 radical (unpaired) electrons. The summed E-state index contributed by atoms with van der Waals surface area (Å²) < 4.78 is 0. The molecule has 0 aromatic heterocycles. The van der Waals surface area contributed by atoms with Crippen LogP contribution in [0.1, 0.15) is 55.7 Å². The molecule has 2 bridgehead atoms. The number of rotatable bonds is 2. The van der Waals surface area contributed by atoms with Crippen molar-refractivity contribution in [3.63, 3.8) is 0 Å². The molecule has 2 nitrogen and oxygen atoms in total. The smallest absolute Gasteiger partial charge is 0.0920 e. The topological polar surface area (TPSA) is 46.2 Å². The van der Waals surface area contributed by atoms with Crippen molar-refractivity contribution < 1.29 is 5.11 Å². The average Bonchev–Trinajstić information content (AvgIpc) is 3.06. The number of nitrogens with two attached hydrogens (primary N) is 1. The van der Waals surface area contributed by atoms with Gasteiger partial charge in [-0.3, -0.25) is 0 Å². The van der Waals surface area contributed by atoms with Gasteiger partial charge in [0, 0.05) is 6.04 Å². The quantitative estimate of drug-likeness (QED) is 0.855. The number of fused-ring (bicyclic) bond motifs is 3. The van der Waals surface area contributed by atoms with Gasteiger partial charge in [0.15, 0.2) is 0 Å². The molecule has 3 N–H and O–H groups in total. The first-order valence-electron chi connectivity index (χ1n) is 7.73. The van der Waals surface area contributed by atoms with Gasteiger partial charge in [-0.2, -0.15) is 0 Å². The second-order valence-electron chi connectivity index (χ2n) is 7.07. The van der Waals surface area contributed by atoms with E-state index >= 15 is 0 Å². The van der Waals surface area contributed by atoms with Crippen molar-refractivity contribution in [3.05, 3.63) is 35.4 Å². The van der Waals surface area contributed by atoms with Gasteiger partial charge in [0.2, 0.25) is 0 Å². The first-order valence-corrected chi connectivity index (χ1v) is 7.73. The minimum Gasteiger partial charge on any atom is -0.385 e. The van der Waals surface area contributed by atoms with E-state index in [0.717, 1.165) is 35.3 Å². The van der Waals surface area contributed by atoms with Crippen molar-refractivity contribution in [2.45, 2.75) is 50.2 Å². The predicted octanol–water partition coefficient (Wildman–Crippen LogP) is 3.10. The molecule has 0 heterocycles. The fourth-order valence-electron chi connectivity index (χ4n) is 5.08. The zero-order valence-corrected chi connectivity index (χ0v) is 11.4. The third-order valence-electron chi connectivity index (χ3n) is 5.90. The van der Waals surface area contributed by atoms with Gasteiger partial charge in [-0.25, -0.2) is 0 Å². The lowest BCUT2D eigenvalue weighted by atomic mass is 9.78. The maximum Gasteiger partial charge on any atom is 0.0920 e. The molecule has 4 rings (SSSR count). The van der Waals surface area contributed by atoms with E-state index in [-0.39, 0.29) is 6.04 Å². The van der Waals surface area contributed by atoms with E-state index in [4.69, 9.17) is 5.73 Å². The molecule has 1 aromatic carbocycles. The molecule has 3 aliphatic rings. The molecule has 19 heavy (non-hydrogen) atoms. The number of benzene rings is 1. The average molecular weight is 257 g/mol. The van der Waals surface area contributed by atoms with E-state index < -0.39 is 5.60 Å². The molecule has 2 fully saturated rings. The van der Waals surface area contributed by atoms with Crippen LogP contribution in [-0.2, 0) is 5.60 Å². The zero-order valence-electron chi connectivity index (χ0n) is 11.4. The van der Waals surface area contributed by atoms with E-state index in [1.807, 2.05) is 12.1 Å². The molecular formula is C17H23NO. The van der Waals surface area contributed by atoms with Gasteiger partial charge in [-0.05, 0) is 61.0 Å². The molecule has 0 amide bonds. The second-order valence-corrected chi connectivity index (χ2v) is 7.07. The van der Waals surface area contributed by atoms with Crippen LogP contribution in [0.15, 0.2) is 24.3 Å². The highest BCUT2D eigenvalue weighted by Gasteiger charge is 2.47. The van der Waals surface area contributed by atoms with Crippen LogP contribution in [0.25, 0.3) is 0 Å². The van der Waals surface area contributed by atoms with Crippen LogP contribution in [0.5, 0.6) is 0 Å². The second kappa shape index (κ2) is 4.07. The predicted molar refractivity (Wildman–Crippen MR) is 75.4 cm³/mol. The van der Waals surface area contributed by atoms with Crippen molar-refractivity contribution in [2.75, 3.05) is 0 Å². The summed E-state index contributed by atoms with van der Waals surface area (Å²) in [5.74, 6) is 2.55. The lowest BCUT2D eigenvalue weighted by Crippen LogP contribution is -2.29. The number of hydrogen-bond donors (Lipinski definition) is 2. The third-order valence-corrected chi connectivity index (χ3v) is 5.90. The van der Waals surface area contributed by atoms with Crippen LogP contribution in [-0.4, -0.2) is 5.11 Å². The fraction of sp³-hybridized carbons (Fsp3) is 0.647. The summed E-state index contributed by atoms with van der Waals surface area (Å²) in [5, 5.41) is 11.1. The lowest BCUT2D eigenvalue weighted by molar-refractivity contribution is 0.000205. The van der Waals surface area contributed by atoms with Crippen LogP contribution >= 0.6 is 0 Å². The fourth-order valence-corrected chi connectivity index (χ4v) is 5.08. The molecule has 2 saturated carbocycles. The summed E-state index contributed by atoms with van der Waals surface area (Å²) in [6, 6.07) is 8.23. The van der Waals surface area contributed by atoms with E-state index in [0.29, 0.717) is 6.42 Å². The molecule has 3 aliphatic carbocycles. The van der Waals surface area contributed by atoms with E-state index in [1.54, 1.807) is 0 Å². The summed E-state index contributed by atoms with van der Waals surface area (Å²) in [6.45, 7) is 0. The van der Waals surface area contributed by atoms with Crippen molar-refractivity contribution in [3.8, 4) is 0 Å². The minimum absolute atomic E-state index is 0.0137. The maximum absolute atomic E-state index is 11.1. The van der Waals surface area contributed by atoms with Crippen molar-refractivity contribution >= 4 is 0 Å². The molecule has 1 aromatic rings. The third kappa shape index (κ3) is 1.77.